The number of aliphatic carboxylic acids is 1. The van der Waals surface area contributed by atoms with Gasteiger partial charge in [0.1, 0.15) is 11.4 Å². The number of allylic oxidation sites excluding steroid dienone is 1. The zero-order valence-electron chi connectivity index (χ0n) is 25.3. The second-order valence-electron chi connectivity index (χ2n) is 13.5. The highest BCUT2D eigenvalue weighted by atomic mass is 16.5. The van der Waals surface area contributed by atoms with Crippen LogP contribution in [0.4, 0.5) is 0 Å². The standard InChI is InChI=1S/C34H41NO9/c1-32-14-12-22(36)16-21(32)8-9-23-25-13-15-34(43,33(25,2)17-26(37)30(23)32)27(38)19-44-29(40)11-10-28(39)35-18-24(31(41)42)20-6-4-3-5-7-20/h3-7,16,23-25,30,43H,8-15,17-19H2,1-2H3,(H,35,39)(H,41,42)/t23-,24+,25+,30+,32+,33+,34+/m1/s1. The van der Waals surface area contributed by atoms with Crippen molar-refractivity contribution >= 4 is 35.2 Å². The Morgan fingerprint density at radius 1 is 1.02 bits per heavy atom. The Labute approximate surface area is 256 Å². The fourth-order valence-electron chi connectivity index (χ4n) is 8.74. The molecule has 4 aliphatic carbocycles. The number of ketones is 3. The summed E-state index contributed by atoms with van der Waals surface area (Å²) in [7, 11) is 0. The van der Waals surface area contributed by atoms with Gasteiger partial charge in [-0.2, -0.15) is 0 Å². The number of amides is 1. The molecule has 44 heavy (non-hydrogen) atoms. The van der Waals surface area contributed by atoms with Gasteiger partial charge >= 0.3 is 11.9 Å². The molecule has 236 valence electrons. The van der Waals surface area contributed by atoms with Crippen LogP contribution < -0.4 is 5.32 Å². The first kappa shape index (κ1) is 31.8. The largest absolute Gasteiger partial charge is 0.481 e. The third-order valence-corrected chi connectivity index (χ3v) is 11.2. The summed E-state index contributed by atoms with van der Waals surface area (Å²) < 4.78 is 5.17. The van der Waals surface area contributed by atoms with Crippen molar-refractivity contribution < 1.29 is 43.7 Å². The zero-order valence-corrected chi connectivity index (χ0v) is 25.3. The highest BCUT2D eigenvalue weighted by molar-refractivity contribution is 5.95. The van der Waals surface area contributed by atoms with Crippen LogP contribution in [0.1, 0.15) is 83.1 Å². The molecule has 0 bridgehead atoms. The van der Waals surface area contributed by atoms with Gasteiger partial charge in [0, 0.05) is 37.1 Å². The summed E-state index contributed by atoms with van der Waals surface area (Å²) in [4.78, 5) is 75.6. The lowest BCUT2D eigenvalue weighted by atomic mass is 9.46. The number of ether oxygens (including phenoxy) is 1. The second-order valence-corrected chi connectivity index (χ2v) is 13.5. The Kier molecular flexibility index (Phi) is 8.68. The van der Waals surface area contributed by atoms with Gasteiger partial charge < -0.3 is 20.3 Å². The lowest BCUT2D eigenvalue weighted by Gasteiger charge is -2.57. The maximum atomic E-state index is 13.8. The van der Waals surface area contributed by atoms with E-state index in [1.807, 2.05) is 0 Å². The Bertz CT molecular complexity index is 1400. The second kappa shape index (κ2) is 12.0. The molecule has 1 aromatic rings. The van der Waals surface area contributed by atoms with E-state index in [2.05, 4.69) is 12.2 Å². The van der Waals surface area contributed by atoms with Crippen LogP contribution in [-0.4, -0.2) is 64.2 Å². The van der Waals surface area contributed by atoms with Crippen molar-refractivity contribution in [3.63, 3.8) is 0 Å². The van der Waals surface area contributed by atoms with E-state index >= 15 is 0 Å². The van der Waals surface area contributed by atoms with Gasteiger partial charge in [0.05, 0.1) is 12.3 Å². The fraction of sp³-hybridized carbons (Fsp3) is 0.588. The quantitative estimate of drug-likeness (QED) is 0.339. The molecule has 3 N–H and O–H groups in total. The molecular weight excluding hydrogens is 566 g/mol. The summed E-state index contributed by atoms with van der Waals surface area (Å²) in [5.74, 6) is -4.17. The van der Waals surface area contributed by atoms with Gasteiger partial charge in [-0.15, -0.1) is 0 Å². The molecule has 7 atom stereocenters. The van der Waals surface area contributed by atoms with Crippen LogP contribution >= 0.6 is 0 Å². The van der Waals surface area contributed by atoms with Gasteiger partial charge in [-0.3, -0.25) is 28.8 Å². The number of benzene rings is 1. The van der Waals surface area contributed by atoms with E-state index < -0.39 is 47.2 Å². The molecule has 0 saturated heterocycles. The summed E-state index contributed by atoms with van der Waals surface area (Å²) in [6.45, 7) is 3.08. The first-order chi connectivity index (χ1) is 20.8. The third kappa shape index (κ3) is 5.53. The molecule has 10 nitrogen and oxygen atoms in total. The molecule has 0 aromatic heterocycles. The Balaban J connectivity index is 1.15. The van der Waals surface area contributed by atoms with Crippen LogP contribution in [0, 0.1) is 28.6 Å². The van der Waals surface area contributed by atoms with Gasteiger partial charge in [-0.25, -0.2) is 0 Å². The number of carboxylic acid groups (broad SMARTS) is 1. The van der Waals surface area contributed by atoms with Crippen LogP contribution in [0.2, 0.25) is 0 Å². The maximum absolute atomic E-state index is 13.8. The summed E-state index contributed by atoms with van der Waals surface area (Å²) in [6.07, 6.45) is 4.47. The number of hydrogen-bond donors (Lipinski definition) is 3. The van der Waals surface area contributed by atoms with Gasteiger partial charge in [0.2, 0.25) is 11.7 Å². The minimum atomic E-state index is -1.82. The number of esters is 1. The minimum absolute atomic E-state index is 0.00195. The third-order valence-electron chi connectivity index (χ3n) is 11.2. The number of carbonyl (C=O) groups excluding carboxylic acids is 5. The highest BCUT2D eigenvalue weighted by Crippen LogP contribution is 2.66. The Hall–Kier alpha value is -3.66. The maximum Gasteiger partial charge on any atom is 0.312 e. The van der Waals surface area contributed by atoms with E-state index in [4.69, 9.17) is 4.74 Å². The molecular formula is C34H41NO9. The number of carboxylic acids is 1. The molecule has 0 heterocycles. The van der Waals surface area contributed by atoms with Crippen LogP contribution in [0.3, 0.4) is 0 Å². The number of nitrogens with one attached hydrogen (secondary N) is 1. The normalized spacial score (nSPS) is 33.2. The number of rotatable bonds is 10. The molecule has 4 aliphatic rings. The van der Waals surface area contributed by atoms with E-state index in [9.17, 15) is 39.0 Å². The first-order valence-corrected chi connectivity index (χ1v) is 15.5. The van der Waals surface area contributed by atoms with Crippen molar-refractivity contribution in [1.29, 1.82) is 0 Å². The van der Waals surface area contributed by atoms with E-state index in [1.165, 1.54) is 0 Å². The monoisotopic (exact) mass is 607 g/mol. The van der Waals surface area contributed by atoms with Crippen molar-refractivity contribution in [3.8, 4) is 0 Å². The van der Waals surface area contributed by atoms with Crippen LogP contribution in [0.5, 0.6) is 0 Å². The highest BCUT2D eigenvalue weighted by Gasteiger charge is 2.68. The Morgan fingerprint density at radius 3 is 2.45 bits per heavy atom. The number of Topliss-reactive ketones (excluding diaryl/α,β-unsaturated/α-hetero) is 2. The van der Waals surface area contributed by atoms with Crippen molar-refractivity contribution in [2.75, 3.05) is 13.2 Å². The number of carbonyl (C=O) groups is 6. The smallest absolute Gasteiger partial charge is 0.312 e. The molecule has 1 aromatic carbocycles. The Morgan fingerprint density at radius 2 is 1.75 bits per heavy atom. The zero-order chi connectivity index (χ0) is 31.9. The SMILES string of the molecule is C[C@]12CCC(=O)C=C1CC[C@H]1[C@H]2C(=O)C[C@@]2(C)[C@H]1CC[C@]2(O)C(=O)COC(=O)CCC(=O)NC[C@H](C(=O)O)c1ccccc1. The minimum Gasteiger partial charge on any atom is -0.481 e. The number of aliphatic hydroxyl groups is 1. The van der Waals surface area contributed by atoms with Gasteiger partial charge in [-0.1, -0.05) is 49.8 Å². The molecule has 3 saturated carbocycles. The first-order valence-electron chi connectivity index (χ1n) is 15.5. The molecule has 0 radical (unpaired) electrons. The van der Waals surface area contributed by atoms with Crippen LogP contribution in [0.25, 0.3) is 0 Å². The number of hydrogen-bond acceptors (Lipinski definition) is 8. The summed E-state index contributed by atoms with van der Waals surface area (Å²) in [6, 6.07) is 8.49. The summed E-state index contributed by atoms with van der Waals surface area (Å²) in [5.41, 5.74) is -1.60. The van der Waals surface area contributed by atoms with Crippen molar-refractivity contribution in [1.82, 2.24) is 5.32 Å². The summed E-state index contributed by atoms with van der Waals surface area (Å²) in [5, 5.41) is 23.8. The molecule has 10 heteroatoms. The van der Waals surface area contributed by atoms with E-state index in [0.29, 0.717) is 24.8 Å². The lowest BCUT2D eigenvalue weighted by molar-refractivity contribution is -0.173. The number of fused-ring (bicyclic) bond motifs is 5. The predicted octanol–water partition coefficient (Wildman–Crippen LogP) is 3.31. The predicted molar refractivity (Wildman–Crippen MR) is 157 cm³/mol. The summed E-state index contributed by atoms with van der Waals surface area (Å²) >= 11 is 0. The van der Waals surface area contributed by atoms with Crippen molar-refractivity contribution in [3.05, 3.63) is 47.5 Å². The average Bonchev–Trinajstić information content (AvgIpc) is 3.26. The molecule has 1 amide bonds. The topological polar surface area (TPSA) is 164 Å². The van der Waals surface area contributed by atoms with Gasteiger partial charge in [-0.05, 0) is 61.0 Å². The average molecular weight is 608 g/mol. The molecule has 0 unspecified atom stereocenters. The van der Waals surface area contributed by atoms with Gasteiger partial charge in [0.25, 0.3) is 0 Å². The van der Waals surface area contributed by atoms with Crippen molar-refractivity contribution in [2.24, 2.45) is 28.6 Å². The molecule has 5 rings (SSSR count). The molecule has 3 fully saturated rings. The van der Waals surface area contributed by atoms with Crippen LogP contribution in [0.15, 0.2) is 42.0 Å². The fourth-order valence-corrected chi connectivity index (χ4v) is 8.74. The molecule has 0 spiro atoms. The van der Waals surface area contributed by atoms with Crippen LogP contribution in [-0.2, 0) is 33.5 Å². The van der Waals surface area contributed by atoms with E-state index in [-0.39, 0.29) is 67.0 Å². The lowest BCUT2D eigenvalue weighted by Crippen LogP contribution is -2.61. The molecule has 0 aliphatic heterocycles. The van der Waals surface area contributed by atoms with Gasteiger partial charge in [0.15, 0.2) is 12.4 Å². The van der Waals surface area contributed by atoms with Crippen molar-refractivity contribution in [2.45, 2.75) is 83.2 Å². The van der Waals surface area contributed by atoms with E-state index in [1.54, 1.807) is 43.3 Å². The van der Waals surface area contributed by atoms with E-state index in [0.717, 1.165) is 18.4 Å².